The van der Waals surface area contributed by atoms with Crippen LogP contribution < -0.4 is 4.72 Å². The highest BCUT2D eigenvalue weighted by molar-refractivity contribution is 7.90. The van der Waals surface area contributed by atoms with Crippen LogP contribution in [0.1, 0.15) is 24.5 Å². The van der Waals surface area contributed by atoms with Gasteiger partial charge < -0.3 is 4.90 Å². The van der Waals surface area contributed by atoms with E-state index in [1.54, 1.807) is 26.0 Å². The van der Waals surface area contributed by atoms with Gasteiger partial charge in [-0.05, 0) is 54.3 Å². The number of likely N-dealkylation sites (tertiary alicyclic amines) is 1. The van der Waals surface area contributed by atoms with Crippen LogP contribution in [0.15, 0.2) is 71.6 Å². The number of nitrogens with zero attached hydrogens (tertiary/aromatic N) is 1. The van der Waals surface area contributed by atoms with Crippen molar-refractivity contribution in [1.29, 1.82) is 0 Å². The number of sulfonamides is 1. The molecule has 1 aliphatic heterocycles. The van der Waals surface area contributed by atoms with Gasteiger partial charge in [0.25, 0.3) is 15.9 Å². The van der Waals surface area contributed by atoms with Gasteiger partial charge in [0.2, 0.25) is 5.91 Å². The number of hydrogen-bond donors (Lipinski definition) is 1. The monoisotopic (exact) mass is 436 g/mol. The first kappa shape index (κ1) is 21.1. The molecule has 1 atom stereocenters. The number of carbonyl (C=O) groups is 2. The molecule has 0 aliphatic carbocycles. The molecule has 1 heterocycles. The lowest BCUT2D eigenvalue weighted by molar-refractivity contribution is -0.156. The van der Waals surface area contributed by atoms with E-state index in [1.807, 2.05) is 42.5 Å². The summed E-state index contributed by atoms with van der Waals surface area (Å²) in [6.45, 7) is 3.80. The van der Waals surface area contributed by atoms with E-state index in [2.05, 4.69) is 4.72 Å². The van der Waals surface area contributed by atoms with Crippen molar-refractivity contribution in [3.63, 3.8) is 0 Å². The number of aryl methyl sites for hydroxylation is 1. The maximum atomic E-state index is 13.0. The minimum atomic E-state index is -4.02. The van der Waals surface area contributed by atoms with E-state index in [9.17, 15) is 18.0 Å². The molecule has 0 radical (unpaired) electrons. The molecule has 2 amide bonds. The summed E-state index contributed by atoms with van der Waals surface area (Å²) in [4.78, 5) is 27.4. The number of benzene rings is 3. The van der Waals surface area contributed by atoms with E-state index in [0.717, 1.165) is 21.9 Å². The molecule has 1 unspecified atom stereocenters. The molecule has 4 rings (SSSR count). The molecule has 1 aliphatic rings. The Morgan fingerprint density at radius 2 is 1.74 bits per heavy atom. The molecule has 7 heteroatoms. The van der Waals surface area contributed by atoms with Crippen LogP contribution >= 0.6 is 0 Å². The van der Waals surface area contributed by atoms with Crippen molar-refractivity contribution in [3.8, 4) is 0 Å². The number of nitrogens with one attached hydrogen (secondary N) is 1. The second-order valence-electron chi connectivity index (χ2n) is 8.14. The summed E-state index contributed by atoms with van der Waals surface area (Å²) >= 11 is 0. The van der Waals surface area contributed by atoms with Gasteiger partial charge in [0.15, 0.2) is 0 Å². The molecule has 31 heavy (non-hydrogen) atoms. The largest absolute Gasteiger partial charge is 0.328 e. The number of fused-ring (bicyclic) bond motifs is 1. The molecule has 1 saturated heterocycles. The van der Waals surface area contributed by atoms with Crippen molar-refractivity contribution in [2.24, 2.45) is 0 Å². The minimum absolute atomic E-state index is 0.0254. The zero-order chi connectivity index (χ0) is 22.2. The molecule has 0 spiro atoms. The van der Waals surface area contributed by atoms with Crippen LogP contribution in [0.4, 0.5) is 0 Å². The van der Waals surface area contributed by atoms with E-state index in [0.29, 0.717) is 13.0 Å². The number of carbonyl (C=O) groups excluding carboxylic acids is 2. The van der Waals surface area contributed by atoms with Crippen LogP contribution in [0.5, 0.6) is 0 Å². The van der Waals surface area contributed by atoms with Crippen LogP contribution in [-0.4, -0.2) is 37.2 Å². The van der Waals surface area contributed by atoms with Gasteiger partial charge in [-0.3, -0.25) is 9.59 Å². The van der Waals surface area contributed by atoms with Gasteiger partial charge in [0.1, 0.15) is 5.54 Å². The Labute approximate surface area is 181 Å². The van der Waals surface area contributed by atoms with Gasteiger partial charge in [-0.25, -0.2) is 13.1 Å². The molecule has 3 aromatic carbocycles. The predicted molar refractivity (Wildman–Crippen MR) is 119 cm³/mol. The molecule has 0 aromatic heterocycles. The SMILES string of the molecule is Cc1cccc(S(=O)(=O)NC(=O)C2(C)CCN2C(=O)Cc2cccc3ccccc23)c1. The van der Waals surface area contributed by atoms with Gasteiger partial charge in [0.05, 0.1) is 11.3 Å². The zero-order valence-electron chi connectivity index (χ0n) is 17.5. The van der Waals surface area contributed by atoms with E-state index in [4.69, 9.17) is 0 Å². The Bertz CT molecular complexity index is 1280. The summed E-state index contributed by atoms with van der Waals surface area (Å²) in [6, 6.07) is 20.0. The van der Waals surface area contributed by atoms with E-state index in [-0.39, 0.29) is 17.2 Å². The fourth-order valence-electron chi connectivity index (χ4n) is 3.97. The minimum Gasteiger partial charge on any atom is -0.328 e. The second kappa shape index (κ2) is 7.81. The van der Waals surface area contributed by atoms with Crippen LogP contribution in [0.3, 0.4) is 0 Å². The van der Waals surface area contributed by atoms with Crippen molar-refractivity contribution in [2.75, 3.05) is 6.54 Å². The standard InChI is InChI=1S/C24H24N2O4S/c1-17-7-5-11-20(15-17)31(29,30)25-23(28)24(2)13-14-26(24)22(27)16-19-10-6-9-18-8-3-4-12-21(18)19/h3-12,15H,13-14,16H2,1-2H3,(H,25,28). The Balaban J connectivity index is 1.52. The van der Waals surface area contributed by atoms with E-state index < -0.39 is 21.5 Å². The molecule has 1 fully saturated rings. The highest BCUT2D eigenvalue weighted by Gasteiger charge is 2.50. The number of hydrogen-bond acceptors (Lipinski definition) is 4. The van der Waals surface area contributed by atoms with Gasteiger partial charge in [0, 0.05) is 6.54 Å². The summed E-state index contributed by atoms with van der Waals surface area (Å²) < 4.78 is 27.5. The first-order valence-electron chi connectivity index (χ1n) is 10.1. The molecule has 3 aromatic rings. The molecular weight excluding hydrogens is 412 g/mol. The normalized spacial score (nSPS) is 18.5. The van der Waals surface area contributed by atoms with Crippen molar-refractivity contribution < 1.29 is 18.0 Å². The van der Waals surface area contributed by atoms with Gasteiger partial charge in [-0.2, -0.15) is 0 Å². The van der Waals surface area contributed by atoms with Gasteiger partial charge >= 0.3 is 0 Å². The summed E-state index contributed by atoms with van der Waals surface area (Å²) in [5.74, 6) is -0.889. The summed E-state index contributed by atoms with van der Waals surface area (Å²) in [5.41, 5.74) is 0.459. The average Bonchev–Trinajstić information content (AvgIpc) is 2.72. The molecule has 6 nitrogen and oxygen atoms in total. The number of amides is 2. The third-order valence-electron chi connectivity index (χ3n) is 5.96. The zero-order valence-corrected chi connectivity index (χ0v) is 18.3. The fourth-order valence-corrected chi connectivity index (χ4v) is 5.15. The smallest absolute Gasteiger partial charge is 0.264 e. The maximum absolute atomic E-state index is 13.0. The van der Waals surface area contributed by atoms with Gasteiger partial charge in [-0.15, -0.1) is 0 Å². The molecule has 0 saturated carbocycles. The van der Waals surface area contributed by atoms with Crippen molar-refractivity contribution in [3.05, 3.63) is 77.9 Å². The lowest BCUT2D eigenvalue weighted by Gasteiger charge is -2.49. The molecule has 0 bridgehead atoms. The third-order valence-corrected chi connectivity index (χ3v) is 7.29. The van der Waals surface area contributed by atoms with Crippen LogP contribution in [0.25, 0.3) is 10.8 Å². The Morgan fingerprint density at radius 1 is 1.03 bits per heavy atom. The van der Waals surface area contributed by atoms with Crippen molar-refractivity contribution in [2.45, 2.75) is 37.1 Å². The lowest BCUT2D eigenvalue weighted by atomic mass is 9.85. The molecule has 160 valence electrons. The first-order chi connectivity index (χ1) is 14.7. The second-order valence-corrected chi connectivity index (χ2v) is 9.82. The lowest BCUT2D eigenvalue weighted by Crippen LogP contribution is -2.68. The van der Waals surface area contributed by atoms with Crippen molar-refractivity contribution >= 4 is 32.6 Å². The number of rotatable bonds is 5. The predicted octanol–water partition coefficient (Wildman–Crippen LogP) is 3.19. The Morgan fingerprint density at radius 3 is 2.45 bits per heavy atom. The van der Waals surface area contributed by atoms with Crippen molar-refractivity contribution in [1.82, 2.24) is 9.62 Å². The highest BCUT2D eigenvalue weighted by Crippen LogP contribution is 2.32. The Hall–Kier alpha value is -3.19. The Kier molecular flexibility index (Phi) is 5.31. The van der Waals surface area contributed by atoms with Gasteiger partial charge in [-0.1, -0.05) is 54.6 Å². The van der Waals surface area contributed by atoms with E-state index in [1.165, 1.54) is 17.0 Å². The fraction of sp³-hybridized carbons (Fsp3) is 0.250. The van der Waals surface area contributed by atoms with Crippen LogP contribution in [0, 0.1) is 6.92 Å². The van der Waals surface area contributed by atoms with E-state index >= 15 is 0 Å². The average molecular weight is 437 g/mol. The topological polar surface area (TPSA) is 83.6 Å². The molecular formula is C24H24N2O4S. The maximum Gasteiger partial charge on any atom is 0.264 e. The first-order valence-corrected chi connectivity index (χ1v) is 11.6. The summed E-state index contributed by atoms with van der Waals surface area (Å²) in [6.07, 6.45) is 0.554. The quantitative estimate of drug-likeness (QED) is 0.666. The summed E-state index contributed by atoms with van der Waals surface area (Å²) in [5, 5.41) is 2.04. The third kappa shape index (κ3) is 3.93. The van der Waals surface area contributed by atoms with Crippen LogP contribution in [0.2, 0.25) is 0 Å². The van der Waals surface area contributed by atoms with Crippen LogP contribution in [-0.2, 0) is 26.0 Å². The highest BCUT2D eigenvalue weighted by atomic mass is 32.2. The summed E-state index contributed by atoms with van der Waals surface area (Å²) in [7, 11) is -4.02. The molecule has 1 N–H and O–H groups in total.